The number of hydrogen-bond donors (Lipinski definition) is 1. The van der Waals surface area contributed by atoms with E-state index >= 15 is 0 Å². The Morgan fingerprint density at radius 3 is 2.20 bits per heavy atom. The van der Waals surface area contributed by atoms with Crippen LogP contribution in [0.1, 0.15) is 42.0 Å². The molecule has 0 heterocycles. The molecule has 1 N–H and O–H groups in total. The van der Waals surface area contributed by atoms with Gasteiger partial charge in [0.15, 0.2) is 0 Å². The maximum atomic E-state index is 3.72. The Kier molecular flexibility index (Phi) is 7.25. The number of rotatable bonds is 8. The van der Waals surface area contributed by atoms with E-state index < -0.39 is 0 Å². The monoisotopic (exact) mass is 276 g/mol. The largest absolute Gasteiger partial charge is 0.314 e. The molecule has 0 fully saturated rings. The Hall–Kier alpha value is -0.860. The lowest BCUT2D eigenvalue weighted by Gasteiger charge is -2.23. The van der Waals surface area contributed by atoms with Gasteiger partial charge < -0.3 is 10.2 Å². The molecule has 0 radical (unpaired) electrons. The van der Waals surface area contributed by atoms with E-state index in [0.717, 1.165) is 19.5 Å². The first-order valence-electron chi connectivity index (χ1n) is 7.88. The number of hydrogen-bond acceptors (Lipinski definition) is 2. The van der Waals surface area contributed by atoms with Gasteiger partial charge in [-0.1, -0.05) is 24.6 Å². The minimum absolute atomic E-state index is 0.581. The van der Waals surface area contributed by atoms with Crippen molar-refractivity contribution in [2.75, 3.05) is 27.2 Å². The molecule has 1 unspecified atom stereocenters. The standard InChI is InChI=1S/C18H32N2/c1-7-9-19-17(8-10-20(5)6)13-18-15(3)11-14(2)12-16(18)4/h11-12,17,19H,7-10,13H2,1-6H3. The summed E-state index contributed by atoms with van der Waals surface area (Å²) in [5.41, 5.74) is 5.78. The third-order valence-corrected chi connectivity index (χ3v) is 3.90. The van der Waals surface area contributed by atoms with Crippen LogP contribution < -0.4 is 5.32 Å². The van der Waals surface area contributed by atoms with Gasteiger partial charge in [-0.3, -0.25) is 0 Å². The SMILES string of the molecule is CCCNC(CCN(C)C)Cc1c(C)cc(C)cc1C. The van der Waals surface area contributed by atoms with E-state index in [1.54, 1.807) is 0 Å². The summed E-state index contributed by atoms with van der Waals surface area (Å²) in [4.78, 5) is 2.27. The van der Waals surface area contributed by atoms with Crippen molar-refractivity contribution >= 4 is 0 Å². The average molecular weight is 276 g/mol. The van der Waals surface area contributed by atoms with Crippen molar-refractivity contribution in [3.63, 3.8) is 0 Å². The van der Waals surface area contributed by atoms with Gasteiger partial charge in [0.05, 0.1) is 0 Å². The molecule has 114 valence electrons. The normalized spacial score (nSPS) is 12.9. The van der Waals surface area contributed by atoms with Crippen LogP contribution in [-0.4, -0.2) is 38.1 Å². The van der Waals surface area contributed by atoms with Crippen molar-refractivity contribution in [2.24, 2.45) is 0 Å². The molecule has 0 spiro atoms. The Balaban J connectivity index is 2.77. The minimum atomic E-state index is 0.581. The fourth-order valence-corrected chi connectivity index (χ4v) is 2.82. The number of aryl methyl sites for hydroxylation is 3. The Labute approximate surface area is 125 Å². The lowest BCUT2D eigenvalue weighted by atomic mass is 9.93. The molecule has 0 aliphatic carbocycles. The van der Waals surface area contributed by atoms with Crippen molar-refractivity contribution in [3.05, 3.63) is 34.4 Å². The maximum Gasteiger partial charge on any atom is 0.0120 e. The molecule has 1 aromatic carbocycles. The molecule has 0 saturated heterocycles. The topological polar surface area (TPSA) is 15.3 Å². The van der Waals surface area contributed by atoms with Gasteiger partial charge in [-0.05, 0) is 83.9 Å². The Bertz CT molecular complexity index is 387. The molecule has 0 aliphatic rings. The fraction of sp³-hybridized carbons (Fsp3) is 0.667. The molecule has 0 saturated carbocycles. The van der Waals surface area contributed by atoms with E-state index in [9.17, 15) is 0 Å². The quantitative estimate of drug-likeness (QED) is 0.782. The highest BCUT2D eigenvalue weighted by Gasteiger charge is 2.13. The summed E-state index contributed by atoms with van der Waals surface area (Å²) >= 11 is 0. The molecule has 0 amide bonds. The van der Waals surface area contributed by atoms with Crippen LogP contribution in [0, 0.1) is 20.8 Å². The first kappa shape index (κ1) is 17.2. The van der Waals surface area contributed by atoms with Crippen molar-refractivity contribution in [2.45, 2.75) is 53.0 Å². The molecule has 20 heavy (non-hydrogen) atoms. The summed E-state index contributed by atoms with van der Waals surface area (Å²) in [5, 5.41) is 3.72. The zero-order valence-electron chi connectivity index (χ0n) is 14.2. The van der Waals surface area contributed by atoms with E-state index in [4.69, 9.17) is 0 Å². The first-order chi connectivity index (χ1) is 9.43. The zero-order chi connectivity index (χ0) is 15.1. The summed E-state index contributed by atoms with van der Waals surface area (Å²) in [6, 6.07) is 5.20. The highest BCUT2D eigenvalue weighted by atomic mass is 15.1. The summed E-state index contributed by atoms with van der Waals surface area (Å²) in [6.07, 6.45) is 3.55. The van der Waals surface area contributed by atoms with Gasteiger partial charge in [0, 0.05) is 6.04 Å². The van der Waals surface area contributed by atoms with E-state index in [0.29, 0.717) is 6.04 Å². The van der Waals surface area contributed by atoms with Gasteiger partial charge in [-0.2, -0.15) is 0 Å². The van der Waals surface area contributed by atoms with Crippen LogP contribution in [0.15, 0.2) is 12.1 Å². The second kappa shape index (κ2) is 8.43. The van der Waals surface area contributed by atoms with Crippen LogP contribution in [0.2, 0.25) is 0 Å². The van der Waals surface area contributed by atoms with E-state index in [2.05, 4.69) is 64.1 Å². The maximum absolute atomic E-state index is 3.72. The van der Waals surface area contributed by atoms with Crippen LogP contribution in [0.3, 0.4) is 0 Å². The molecule has 0 aromatic heterocycles. The van der Waals surface area contributed by atoms with Crippen molar-refractivity contribution < 1.29 is 0 Å². The van der Waals surface area contributed by atoms with Crippen molar-refractivity contribution in [1.82, 2.24) is 10.2 Å². The molecular formula is C18H32N2. The molecule has 1 rings (SSSR count). The third-order valence-electron chi connectivity index (χ3n) is 3.90. The smallest absolute Gasteiger partial charge is 0.0120 e. The first-order valence-corrected chi connectivity index (χ1v) is 7.88. The van der Waals surface area contributed by atoms with Crippen LogP contribution in [0.25, 0.3) is 0 Å². The lowest BCUT2D eigenvalue weighted by molar-refractivity contribution is 0.356. The van der Waals surface area contributed by atoms with E-state index in [-0.39, 0.29) is 0 Å². The molecular weight excluding hydrogens is 244 g/mol. The summed E-state index contributed by atoms with van der Waals surface area (Å²) in [7, 11) is 4.30. The molecule has 1 atom stereocenters. The molecule has 0 bridgehead atoms. The van der Waals surface area contributed by atoms with Gasteiger partial charge in [-0.15, -0.1) is 0 Å². The molecule has 2 heteroatoms. The van der Waals surface area contributed by atoms with Crippen LogP contribution in [0.5, 0.6) is 0 Å². The Morgan fingerprint density at radius 1 is 1.10 bits per heavy atom. The van der Waals surface area contributed by atoms with Crippen LogP contribution in [0.4, 0.5) is 0 Å². The predicted molar refractivity (Wildman–Crippen MR) is 89.6 cm³/mol. The summed E-state index contributed by atoms with van der Waals surface area (Å²) in [6.45, 7) is 11.2. The second-order valence-electron chi connectivity index (χ2n) is 6.32. The van der Waals surface area contributed by atoms with Gasteiger partial charge in [0.1, 0.15) is 0 Å². The van der Waals surface area contributed by atoms with E-state index in [1.807, 2.05) is 0 Å². The molecule has 1 aromatic rings. The average Bonchev–Trinajstić information content (AvgIpc) is 2.35. The molecule has 2 nitrogen and oxygen atoms in total. The van der Waals surface area contributed by atoms with E-state index in [1.165, 1.54) is 35.1 Å². The van der Waals surface area contributed by atoms with Crippen molar-refractivity contribution in [3.8, 4) is 0 Å². The van der Waals surface area contributed by atoms with Gasteiger partial charge in [0.2, 0.25) is 0 Å². The number of nitrogens with zero attached hydrogens (tertiary/aromatic N) is 1. The van der Waals surface area contributed by atoms with Crippen LogP contribution in [-0.2, 0) is 6.42 Å². The molecule has 0 aliphatic heterocycles. The van der Waals surface area contributed by atoms with Gasteiger partial charge in [0.25, 0.3) is 0 Å². The summed E-state index contributed by atoms with van der Waals surface area (Å²) in [5.74, 6) is 0. The highest BCUT2D eigenvalue weighted by molar-refractivity contribution is 5.38. The summed E-state index contributed by atoms with van der Waals surface area (Å²) < 4.78 is 0. The fourth-order valence-electron chi connectivity index (χ4n) is 2.82. The Morgan fingerprint density at radius 2 is 1.70 bits per heavy atom. The van der Waals surface area contributed by atoms with Crippen molar-refractivity contribution in [1.29, 1.82) is 0 Å². The second-order valence-corrected chi connectivity index (χ2v) is 6.32. The van der Waals surface area contributed by atoms with Crippen LogP contribution >= 0.6 is 0 Å². The highest BCUT2D eigenvalue weighted by Crippen LogP contribution is 2.19. The zero-order valence-corrected chi connectivity index (χ0v) is 14.2. The lowest BCUT2D eigenvalue weighted by Crippen LogP contribution is -2.35. The number of benzene rings is 1. The minimum Gasteiger partial charge on any atom is -0.314 e. The van der Waals surface area contributed by atoms with Gasteiger partial charge in [-0.25, -0.2) is 0 Å². The number of nitrogens with one attached hydrogen (secondary N) is 1. The van der Waals surface area contributed by atoms with Gasteiger partial charge >= 0.3 is 0 Å². The third kappa shape index (κ3) is 5.64. The predicted octanol–water partition coefficient (Wildman–Crippen LogP) is 3.47.